The van der Waals surface area contributed by atoms with Crippen molar-refractivity contribution in [2.24, 2.45) is 0 Å². The Kier molecular flexibility index (Phi) is 4.40. The SMILES string of the molecule is CCC(=O)Oc1cc(-c2cccc(Cl)c2)cnc1Cl. The molecule has 98 valence electrons. The molecule has 0 bridgehead atoms. The van der Waals surface area contributed by atoms with Crippen LogP contribution in [0.25, 0.3) is 11.1 Å². The van der Waals surface area contributed by atoms with Crippen LogP contribution < -0.4 is 4.74 Å². The third kappa shape index (κ3) is 3.46. The summed E-state index contributed by atoms with van der Waals surface area (Å²) in [5.41, 5.74) is 1.66. The largest absolute Gasteiger partial charge is 0.423 e. The first kappa shape index (κ1) is 13.8. The van der Waals surface area contributed by atoms with E-state index in [2.05, 4.69) is 4.98 Å². The standard InChI is InChI=1S/C14H11Cl2NO2/c1-2-13(18)19-12-7-10(8-17-14(12)16)9-4-3-5-11(15)6-9/h3-8H,2H2,1H3. The Morgan fingerprint density at radius 2 is 2.05 bits per heavy atom. The molecule has 0 aliphatic rings. The topological polar surface area (TPSA) is 39.2 Å². The molecule has 2 rings (SSSR count). The van der Waals surface area contributed by atoms with Gasteiger partial charge in [0.1, 0.15) is 0 Å². The molecule has 0 aliphatic heterocycles. The van der Waals surface area contributed by atoms with Crippen LogP contribution in [0.3, 0.4) is 0 Å². The molecular formula is C14H11Cl2NO2. The van der Waals surface area contributed by atoms with Gasteiger partial charge in [-0.1, -0.05) is 42.3 Å². The molecule has 0 N–H and O–H groups in total. The number of hydrogen-bond donors (Lipinski definition) is 0. The van der Waals surface area contributed by atoms with Gasteiger partial charge in [0.15, 0.2) is 10.9 Å². The smallest absolute Gasteiger partial charge is 0.311 e. The molecule has 0 atom stereocenters. The van der Waals surface area contributed by atoms with Crippen LogP contribution in [0.1, 0.15) is 13.3 Å². The first-order chi connectivity index (χ1) is 9.10. The van der Waals surface area contributed by atoms with E-state index in [4.69, 9.17) is 27.9 Å². The number of esters is 1. The molecule has 19 heavy (non-hydrogen) atoms. The number of carbonyl (C=O) groups is 1. The molecule has 0 spiro atoms. The molecule has 0 aliphatic carbocycles. The van der Waals surface area contributed by atoms with E-state index in [1.807, 2.05) is 12.1 Å². The number of hydrogen-bond acceptors (Lipinski definition) is 3. The summed E-state index contributed by atoms with van der Waals surface area (Å²) in [4.78, 5) is 15.3. The van der Waals surface area contributed by atoms with Gasteiger partial charge in [0.05, 0.1) is 0 Å². The second-order valence-corrected chi connectivity index (χ2v) is 4.65. The zero-order chi connectivity index (χ0) is 13.8. The van der Waals surface area contributed by atoms with Crippen molar-refractivity contribution in [3.05, 3.63) is 46.7 Å². The van der Waals surface area contributed by atoms with Gasteiger partial charge in [0.25, 0.3) is 0 Å². The molecular weight excluding hydrogens is 285 g/mol. The van der Waals surface area contributed by atoms with Crippen molar-refractivity contribution >= 4 is 29.2 Å². The quantitative estimate of drug-likeness (QED) is 0.623. The molecule has 1 aromatic carbocycles. The molecule has 2 aromatic rings. The third-order valence-corrected chi connectivity index (χ3v) is 3.00. The maximum Gasteiger partial charge on any atom is 0.311 e. The zero-order valence-electron chi connectivity index (χ0n) is 10.2. The van der Waals surface area contributed by atoms with Crippen LogP contribution in [0.2, 0.25) is 10.2 Å². The van der Waals surface area contributed by atoms with Crippen LogP contribution in [0.4, 0.5) is 0 Å². The molecule has 0 radical (unpaired) electrons. The minimum absolute atomic E-state index is 0.160. The Labute approximate surface area is 121 Å². The van der Waals surface area contributed by atoms with Crippen molar-refractivity contribution in [3.63, 3.8) is 0 Å². The summed E-state index contributed by atoms with van der Waals surface area (Å²) in [5.74, 6) is -0.0991. The van der Waals surface area contributed by atoms with Crippen LogP contribution in [-0.2, 0) is 4.79 Å². The first-order valence-corrected chi connectivity index (χ1v) is 6.48. The molecule has 0 unspecified atom stereocenters. The Hall–Kier alpha value is -1.58. The van der Waals surface area contributed by atoms with Crippen molar-refractivity contribution < 1.29 is 9.53 Å². The van der Waals surface area contributed by atoms with Crippen molar-refractivity contribution in [1.82, 2.24) is 4.98 Å². The fraction of sp³-hybridized carbons (Fsp3) is 0.143. The monoisotopic (exact) mass is 295 g/mol. The van der Waals surface area contributed by atoms with Gasteiger partial charge in [-0.25, -0.2) is 4.98 Å². The second-order valence-electron chi connectivity index (χ2n) is 3.85. The second kappa shape index (κ2) is 6.04. The van der Waals surface area contributed by atoms with E-state index in [1.165, 1.54) is 0 Å². The summed E-state index contributed by atoms with van der Waals surface area (Å²) < 4.78 is 5.12. The summed E-state index contributed by atoms with van der Waals surface area (Å²) in [6.07, 6.45) is 1.88. The number of pyridine rings is 1. The van der Waals surface area contributed by atoms with E-state index < -0.39 is 0 Å². The average molecular weight is 296 g/mol. The van der Waals surface area contributed by atoms with Gasteiger partial charge in [-0.2, -0.15) is 0 Å². The normalized spacial score (nSPS) is 10.3. The number of rotatable bonds is 3. The van der Waals surface area contributed by atoms with Crippen molar-refractivity contribution in [3.8, 4) is 16.9 Å². The lowest BCUT2D eigenvalue weighted by atomic mass is 10.1. The number of benzene rings is 1. The summed E-state index contributed by atoms with van der Waals surface area (Å²) in [5, 5.41) is 0.784. The molecule has 1 aromatic heterocycles. The van der Waals surface area contributed by atoms with Gasteiger partial charge in [-0.15, -0.1) is 0 Å². The van der Waals surface area contributed by atoms with Crippen molar-refractivity contribution in [1.29, 1.82) is 0 Å². The zero-order valence-corrected chi connectivity index (χ0v) is 11.7. The predicted octanol–water partition coefficient (Wildman–Crippen LogP) is 4.37. The van der Waals surface area contributed by atoms with Crippen LogP contribution in [0, 0.1) is 0 Å². The molecule has 1 heterocycles. The highest BCUT2D eigenvalue weighted by Crippen LogP contribution is 2.29. The number of aromatic nitrogens is 1. The van der Waals surface area contributed by atoms with E-state index >= 15 is 0 Å². The average Bonchev–Trinajstić information content (AvgIpc) is 2.41. The Morgan fingerprint density at radius 3 is 2.74 bits per heavy atom. The molecule has 3 nitrogen and oxygen atoms in total. The molecule has 0 saturated heterocycles. The fourth-order valence-corrected chi connectivity index (χ4v) is 1.85. The maximum atomic E-state index is 11.3. The van der Waals surface area contributed by atoms with E-state index in [0.29, 0.717) is 5.02 Å². The minimum atomic E-state index is -0.355. The van der Waals surface area contributed by atoms with Gasteiger partial charge in [0.2, 0.25) is 0 Å². The Balaban J connectivity index is 2.38. The van der Waals surface area contributed by atoms with Crippen LogP contribution in [0.5, 0.6) is 5.75 Å². The van der Waals surface area contributed by atoms with Crippen LogP contribution >= 0.6 is 23.2 Å². The maximum absolute atomic E-state index is 11.3. The minimum Gasteiger partial charge on any atom is -0.423 e. The van der Waals surface area contributed by atoms with Gasteiger partial charge < -0.3 is 4.74 Å². The number of ether oxygens (including phenoxy) is 1. The Bertz CT molecular complexity index is 614. The van der Waals surface area contributed by atoms with Crippen molar-refractivity contribution in [2.45, 2.75) is 13.3 Å². The molecule has 5 heteroatoms. The first-order valence-electron chi connectivity index (χ1n) is 5.72. The fourth-order valence-electron chi connectivity index (χ4n) is 1.52. The molecule has 0 saturated carbocycles. The highest BCUT2D eigenvalue weighted by atomic mass is 35.5. The predicted molar refractivity (Wildman–Crippen MR) is 75.6 cm³/mol. The van der Waals surface area contributed by atoms with E-state index in [9.17, 15) is 4.79 Å². The van der Waals surface area contributed by atoms with Crippen LogP contribution in [0.15, 0.2) is 36.5 Å². The highest BCUT2D eigenvalue weighted by Gasteiger charge is 2.10. The van der Waals surface area contributed by atoms with Gasteiger partial charge in [-0.3, -0.25) is 4.79 Å². The number of halogens is 2. The summed E-state index contributed by atoms with van der Waals surface area (Å²) in [7, 11) is 0. The number of carbonyl (C=O) groups excluding carboxylic acids is 1. The summed E-state index contributed by atoms with van der Waals surface area (Å²) >= 11 is 11.8. The lowest BCUT2D eigenvalue weighted by Gasteiger charge is -2.07. The summed E-state index contributed by atoms with van der Waals surface area (Å²) in [6, 6.07) is 8.99. The number of nitrogens with zero attached hydrogens (tertiary/aromatic N) is 1. The van der Waals surface area contributed by atoms with E-state index in [1.54, 1.807) is 31.3 Å². The van der Waals surface area contributed by atoms with Gasteiger partial charge in [0, 0.05) is 23.2 Å². The van der Waals surface area contributed by atoms with E-state index in [0.717, 1.165) is 11.1 Å². The highest BCUT2D eigenvalue weighted by molar-refractivity contribution is 6.31. The molecule has 0 amide bonds. The van der Waals surface area contributed by atoms with E-state index in [-0.39, 0.29) is 23.3 Å². The van der Waals surface area contributed by atoms with Gasteiger partial charge >= 0.3 is 5.97 Å². The van der Waals surface area contributed by atoms with Gasteiger partial charge in [-0.05, 0) is 23.8 Å². The Morgan fingerprint density at radius 1 is 1.26 bits per heavy atom. The lowest BCUT2D eigenvalue weighted by molar-refractivity contribution is -0.134. The van der Waals surface area contributed by atoms with Crippen molar-refractivity contribution in [2.75, 3.05) is 0 Å². The lowest BCUT2D eigenvalue weighted by Crippen LogP contribution is -2.06. The molecule has 0 fully saturated rings. The summed E-state index contributed by atoms with van der Waals surface area (Å²) in [6.45, 7) is 1.71. The third-order valence-electron chi connectivity index (χ3n) is 2.48. The van der Waals surface area contributed by atoms with Crippen LogP contribution in [-0.4, -0.2) is 11.0 Å².